The smallest absolute Gasteiger partial charge is 0.257 e. The predicted molar refractivity (Wildman–Crippen MR) is 94.0 cm³/mol. The number of amides is 1. The number of anilines is 1. The number of hydrogen-bond acceptors (Lipinski definition) is 6. The molecule has 1 aliphatic rings. The lowest BCUT2D eigenvalue weighted by molar-refractivity contribution is 0.0946. The molecule has 2 aromatic heterocycles. The molecule has 0 bridgehead atoms. The van der Waals surface area contributed by atoms with Gasteiger partial charge in [0.15, 0.2) is 0 Å². The number of morpholine rings is 1. The van der Waals surface area contributed by atoms with Crippen molar-refractivity contribution in [2.75, 3.05) is 38.3 Å². The molecule has 0 atom stereocenters. The van der Waals surface area contributed by atoms with Crippen LogP contribution in [0.1, 0.15) is 21.7 Å². The number of nitrogens with one attached hydrogen (secondary N) is 1. The van der Waals surface area contributed by atoms with E-state index in [2.05, 4.69) is 20.2 Å². The highest BCUT2D eigenvalue weighted by Crippen LogP contribution is 2.16. The monoisotopic (exact) mass is 342 g/mol. The van der Waals surface area contributed by atoms with Gasteiger partial charge in [-0.2, -0.15) is 0 Å². The molecule has 2 aromatic rings. The molecular weight excluding hydrogens is 320 g/mol. The summed E-state index contributed by atoms with van der Waals surface area (Å²) in [7, 11) is 1.51. The van der Waals surface area contributed by atoms with E-state index >= 15 is 0 Å². The van der Waals surface area contributed by atoms with Crippen molar-refractivity contribution in [1.82, 2.24) is 15.3 Å². The molecule has 0 saturated carbocycles. The van der Waals surface area contributed by atoms with Gasteiger partial charge in [-0.05, 0) is 31.2 Å². The van der Waals surface area contributed by atoms with Gasteiger partial charge in [0.05, 0.1) is 32.6 Å². The van der Waals surface area contributed by atoms with Gasteiger partial charge in [-0.25, -0.2) is 9.97 Å². The summed E-state index contributed by atoms with van der Waals surface area (Å²) < 4.78 is 10.6. The summed E-state index contributed by atoms with van der Waals surface area (Å²) >= 11 is 0. The summed E-state index contributed by atoms with van der Waals surface area (Å²) in [6.45, 7) is 5.27. The van der Waals surface area contributed by atoms with Gasteiger partial charge in [0, 0.05) is 18.8 Å². The van der Waals surface area contributed by atoms with Gasteiger partial charge in [-0.1, -0.05) is 6.07 Å². The molecule has 25 heavy (non-hydrogen) atoms. The Balaban J connectivity index is 1.66. The fourth-order valence-electron chi connectivity index (χ4n) is 2.66. The molecule has 1 N–H and O–H groups in total. The Morgan fingerprint density at radius 1 is 1.24 bits per heavy atom. The summed E-state index contributed by atoms with van der Waals surface area (Å²) in [6, 6.07) is 9.33. The lowest BCUT2D eigenvalue weighted by atomic mass is 10.2. The first kappa shape index (κ1) is 17.2. The summed E-state index contributed by atoms with van der Waals surface area (Å²) in [6.07, 6.45) is 0. The maximum atomic E-state index is 12.4. The van der Waals surface area contributed by atoms with Crippen LogP contribution in [-0.4, -0.2) is 49.3 Å². The van der Waals surface area contributed by atoms with Gasteiger partial charge in [-0.15, -0.1) is 0 Å². The van der Waals surface area contributed by atoms with Gasteiger partial charge < -0.3 is 19.7 Å². The van der Waals surface area contributed by atoms with Gasteiger partial charge >= 0.3 is 0 Å². The van der Waals surface area contributed by atoms with Gasteiger partial charge in [-0.3, -0.25) is 4.79 Å². The number of carbonyl (C=O) groups excluding carboxylic acids is 1. The van der Waals surface area contributed by atoms with Crippen LogP contribution in [-0.2, 0) is 11.3 Å². The molecule has 0 radical (unpaired) electrons. The average Bonchev–Trinajstić information content (AvgIpc) is 2.67. The minimum atomic E-state index is -0.233. The van der Waals surface area contributed by atoms with E-state index in [1.54, 1.807) is 12.1 Å². The second-order valence-electron chi connectivity index (χ2n) is 5.78. The fourth-order valence-corrected chi connectivity index (χ4v) is 2.66. The number of methoxy groups -OCH3 is 1. The molecule has 0 spiro atoms. The molecule has 1 amide bonds. The molecule has 1 aliphatic heterocycles. The Hall–Kier alpha value is -2.67. The van der Waals surface area contributed by atoms with E-state index in [1.807, 2.05) is 25.1 Å². The number of aromatic nitrogens is 2. The normalized spacial score (nSPS) is 14.2. The Labute approximate surface area is 147 Å². The average molecular weight is 342 g/mol. The highest BCUT2D eigenvalue weighted by atomic mass is 16.5. The fraction of sp³-hybridized carbons (Fsp3) is 0.389. The number of rotatable bonds is 5. The first-order valence-electron chi connectivity index (χ1n) is 8.26. The third-order valence-corrected chi connectivity index (χ3v) is 3.99. The molecule has 3 rings (SSSR count). The van der Waals surface area contributed by atoms with Gasteiger partial charge in [0.2, 0.25) is 5.88 Å². The lowest BCUT2D eigenvalue weighted by Crippen LogP contribution is -2.37. The maximum Gasteiger partial charge on any atom is 0.257 e. The van der Waals surface area contributed by atoms with Crippen molar-refractivity contribution in [3.8, 4) is 5.88 Å². The van der Waals surface area contributed by atoms with E-state index in [0.717, 1.165) is 30.3 Å². The van der Waals surface area contributed by atoms with Crippen LogP contribution in [0.3, 0.4) is 0 Å². The predicted octanol–water partition coefficient (Wildman–Crippen LogP) is 1.56. The van der Waals surface area contributed by atoms with E-state index in [1.165, 1.54) is 7.11 Å². The van der Waals surface area contributed by atoms with Gasteiger partial charge in [0.1, 0.15) is 11.4 Å². The Kier molecular flexibility index (Phi) is 5.45. The zero-order valence-corrected chi connectivity index (χ0v) is 14.5. The van der Waals surface area contributed by atoms with Crippen LogP contribution in [0.5, 0.6) is 5.88 Å². The van der Waals surface area contributed by atoms with Crippen LogP contribution in [0.25, 0.3) is 0 Å². The Morgan fingerprint density at radius 2 is 2.04 bits per heavy atom. The number of hydrogen-bond donors (Lipinski definition) is 1. The van der Waals surface area contributed by atoms with Crippen LogP contribution < -0.4 is 15.0 Å². The third kappa shape index (κ3) is 4.24. The van der Waals surface area contributed by atoms with E-state index in [9.17, 15) is 4.79 Å². The number of pyridine rings is 2. The van der Waals surface area contributed by atoms with Crippen LogP contribution in [0.4, 0.5) is 5.82 Å². The zero-order valence-electron chi connectivity index (χ0n) is 14.5. The van der Waals surface area contributed by atoms with E-state index < -0.39 is 0 Å². The molecule has 132 valence electrons. The minimum Gasteiger partial charge on any atom is -0.480 e. The number of ether oxygens (including phenoxy) is 2. The molecule has 1 fully saturated rings. The largest absolute Gasteiger partial charge is 0.480 e. The lowest BCUT2D eigenvalue weighted by Gasteiger charge is -2.28. The summed E-state index contributed by atoms with van der Waals surface area (Å²) in [5, 5.41) is 2.87. The molecule has 0 aromatic carbocycles. The summed E-state index contributed by atoms with van der Waals surface area (Å²) in [5.41, 5.74) is 2.02. The standard InChI is InChI=1S/C18H22N4O3/c1-13-6-7-15(18(20-13)24-2)17(23)19-12-14-4-3-5-16(21-14)22-8-10-25-11-9-22/h3-7H,8-12H2,1-2H3,(H,19,23). The van der Waals surface area contributed by atoms with Crippen LogP contribution in [0.15, 0.2) is 30.3 Å². The number of aryl methyl sites for hydroxylation is 1. The molecule has 0 unspecified atom stereocenters. The first-order valence-corrected chi connectivity index (χ1v) is 8.26. The van der Waals surface area contributed by atoms with E-state index in [0.29, 0.717) is 31.2 Å². The van der Waals surface area contributed by atoms with Crippen molar-refractivity contribution in [3.63, 3.8) is 0 Å². The molecular formula is C18H22N4O3. The van der Waals surface area contributed by atoms with E-state index in [-0.39, 0.29) is 5.91 Å². The second-order valence-corrected chi connectivity index (χ2v) is 5.78. The minimum absolute atomic E-state index is 0.233. The summed E-state index contributed by atoms with van der Waals surface area (Å²) in [4.78, 5) is 23.4. The highest BCUT2D eigenvalue weighted by molar-refractivity contribution is 5.96. The van der Waals surface area contributed by atoms with Crippen molar-refractivity contribution in [3.05, 3.63) is 47.3 Å². The quantitative estimate of drug-likeness (QED) is 0.889. The van der Waals surface area contributed by atoms with Crippen LogP contribution >= 0.6 is 0 Å². The Morgan fingerprint density at radius 3 is 2.80 bits per heavy atom. The number of nitrogens with zero attached hydrogens (tertiary/aromatic N) is 3. The maximum absolute atomic E-state index is 12.4. The van der Waals surface area contributed by atoms with Crippen molar-refractivity contribution in [1.29, 1.82) is 0 Å². The molecule has 7 nitrogen and oxygen atoms in total. The van der Waals surface area contributed by atoms with Crippen LogP contribution in [0, 0.1) is 6.92 Å². The topological polar surface area (TPSA) is 76.6 Å². The van der Waals surface area contributed by atoms with Gasteiger partial charge in [0.25, 0.3) is 5.91 Å². The third-order valence-electron chi connectivity index (χ3n) is 3.99. The van der Waals surface area contributed by atoms with Crippen molar-refractivity contribution < 1.29 is 14.3 Å². The second kappa shape index (κ2) is 7.94. The van der Waals surface area contributed by atoms with E-state index in [4.69, 9.17) is 9.47 Å². The van der Waals surface area contributed by atoms with Crippen molar-refractivity contribution in [2.24, 2.45) is 0 Å². The SMILES string of the molecule is COc1nc(C)ccc1C(=O)NCc1cccc(N2CCOCC2)n1. The zero-order chi connectivity index (χ0) is 17.6. The van der Waals surface area contributed by atoms with Crippen molar-refractivity contribution >= 4 is 11.7 Å². The first-order chi connectivity index (χ1) is 12.2. The molecule has 0 aliphatic carbocycles. The summed E-state index contributed by atoms with van der Waals surface area (Å²) in [5.74, 6) is 1.00. The van der Waals surface area contributed by atoms with Crippen LogP contribution in [0.2, 0.25) is 0 Å². The number of carbonyl (C=O) groups is 1. The van der Waals surface area contributed by atoms with Crippen molar-refractivity contribution in [2.45, 2.75) is 13.5 Å². The highest BCUT2D eigenvalue weighted by Gasteiger charge is 2.15. The molecule has 3 heterocycles. The Bertz CT molecular complexity index is 745. The molecule has 7 heteroatoms. The molecule has 1 saturated heterocycles.